The molecule has 7 heteroatoms. The molecule has 1 aromatic rings. The number of hydrogen-bond donors (Lipinski definition) is 2. The molecule has 1 heterocycles. The molecule has 0 radical (unpaired) electrons. The summed E-state index contributed by atoms with van der Waals surface area (Å²) in [6, 6.07) is 7.81. The Morgan fingerprint density at radius 1 is 1.30 bits per heavy atom. The summed E-state index contributed by atoms with van der Waals surface area (Å²) in [7, 11) is 0. The normalized spacial score (nSPS) is 15.4. The zero-order valence-electron chi connectivity index (χ0n) is 13.0. The van der Waals surface area contributed by atoms with E-state index in [1.807, 2.05) is 29.2 Å². The Hall–Kier alpha value is -2.21. The Labute approximate surface area is 141 Å². The van der Waals surface area contributed by atoms with Gasteiger partial charge in [0.1, 0.15) is 6.54 Å². The second-order valence-corrected chi connectivity index (χ2v) is 5.65. The zero-order chi connectivity index (χ0) is 16.7. The van der Waals surface area contributed by atoms with E-state index >= 15 is 0 Å². The molecule has 23 heavy (non-hydrogen) atoms. The van der Waals surface area contributed by atoms with Crippen LogP contribution in [-0.2, 0) is 4.79 Å². The molecule has 0 aliphatic carbocycles. The fourth-order valence-corrected chi connectivity index (χ4v) is 2.47. The number of carbonyl (C=O) groups excluding carboxylic acids is 1. The molecule has 124 valence electrons. The van der Waals surface area contributed by atoms with Crippen molar-refractivity contribution in [1.82, 2.24) is 10.2 Å². The van der Waals surface area contributed by atoms with Crippen LogP contribution in [0.15, 0.2) is 41.9 Å². The average molecular weight is 336 g/mol. The smallest absolute Gasteiger partial charge is 0.242 e. The highest BCUT2D eigenvalue weighted by Gasteiger charge is 2.18. The summed E-state index contributed by atoms with van der Waals surface area (Å²) in [6.07, 6.45) is 1.63. The maximum atomic E-state index is 11.5. The van der Waals surface area contributed by atoms with Gasteiger partial charge in [-0.3, -0.25) is 4.79 Å². The lowest BCUT2D eigenvalue weighted by molar-refractivity contribution is -0.119. The molecule has 3 N–H and O–H groups in total. The lowest BCUT2D eigenvalue weighted by atomic mass is 10.2. The molecule has 0 spiro atoms. The van der Waals surface area contributed by atoms with Gasteiger partial charge in [0.05, 0.1) is 0 Å². The Bertz CT molecular complexity index is 564. The molecule has 0 bridgehead atoms. The van der Waals surface area contributed by atoms with Crippen molar-refractivity contribution in [3.05, 3.63) is 41.9 Å². The highest BCUT2D eigenvalue weighted by atomic mass is 35.5. The minimum Gasteiger partial charge on any atom is -0.370 e. The van der Waals surface area contributed by atoms with Crippen molar-refractivity contribution in [1.29, 1.82) is 0 Å². The quantitative estimate of drug-likeness (QED) is 0.480. The molecule has 0 unspecified atom stereocenters. The lowest BCUT2D eigenvalue weighted by Crippen LogP contribution is -2.51. The van der Waals surface area contributed by atoms with Gasteiger partial charge in [0.25, 0.3) is 0 Å². The first-order valence-corrected chi connectivity index (χ1v) is 7.91. The van der Waals surface area contributed by atoms with Crippen molar-refractivity contribution in [2.75, 3.05) is 44.2 Å². The standard InChI is InChI=1S/C16H22ClN5O/c1-2-7-19-15(23)12-20-16(18)22-10-8-21(9-11-22)14-5-3-13(17)4-6-14/h2-6H,1,7-12H2,(H2,18,20)(H,19,23). The molecular formula is C16H22ClN5O. The maximum absolute atomic E-state index is 11.5. The monoisotopic (exact) mass is 335 g/mol. The van der Waals surface area contributed by atoms with E-state index in [1.165, 1.54) is 0 Å². The molecule has 1 fully saturated rings. The van der Waals surface area contributed by atoms with Crippen LogP contribution in [0.1, 0.15) is 0 Å². The Morgan fingerprint density at radius 2 is 1.96 bits per heavy atom. The molecule has 0 saturated carbocycles. The van der Waals surface area contributed by atoms with Crippen LogP contribution in [0.4, 0.5) is 5.69 Å². The minimum absolute atomic E-state index is 0.0388. The number of rotatable bonds is 5. The molecule has 1 aliphatic heterocycles. The molecule has 6 nitrogen and oxygen atoms in total. The van der Waals surface area contributed by atoms with Gasteiger partial charge < -0.3 is 20.9 Å². The minimum atomic E-state index is -0.160. The first-order chi connectivity index (χ1) is 11.1. The van der Waals surface area contributed by atoms with E-state index in [4.69, 9.17) is 17.3 Å². The number of hydrogen-bond acceptors (Lipinski definition) is 3. The van der Waals surface area contributed by atoms with Crippen LogP contribution < -0.4 is 16.0 Å². The average Bonchev–Trinajstić information content (AvgIpc) is 2.58. The van der Waals surface area contributed by atoms with E-state index < -0.39 is 0 Å². The van der Waals surface area contributed by atoms with E-state index in [1.54, 1.807) is 6.08 Å². The Balaban J connectivity index is 1.82. The van der Waals surface area contributed by atoms with Gasteiger partial charge in [-0.2, -0.15) is 0 Å². The lowest BCUT2D eigenvalue weighted by Gasteiger charge is -2.36. The number of nitrogens with two attached hydrogens (primary N) is 1. The summed E-state index contributed by atoms with van der Waals surface area (Å²) in [4.78, 5) is 19.9. The summed E-state index contributed by atoms with van der Waals surface area (Å²) in [5.74, 6) is 0.252. The molecular weight excluding hydrogens is 314 g/mol. The SMILES string of the molecule is C=CCNC(=O)CN=C(N)N1CCN(c2ccc(Cl)cc2)CC1. The first-order valence-electron chi connectivity index (χ1n) is 7.53. The third-order valence-corrected chi connectivity index (χ3v) is 3.88. The Morgan fingerprint density at radius 3 is 2.57 bits per heavy atom. The van der Waals surface area contributed by atoms with Crippen LogP contribution in [0, 0.1) is 0 Å². The number of nitrogens with one attached hydrogen (secondary N) is 1. The van der Waals surface area contributed by atoms with E-state index in [0.29, 0.717) is 12.5 Å². The number of carbonyl (C=O) groups is 1. The van der Waals surface area contributed by atoms with E-state index in [2.05, 4.69) is 21.8 Å². The second kappa shape index (κ2) is 8.43. The van der Waals surface area contributed by atoms with Crippen molar-refractivity contribution >= 4 is 29.2 Å². The number of halogens is 1. The van der Waals surface area contributed by atoms with Crippen molar-refractivity contribution < 1.29 is 4.79 Å². The largest absolute Gasteiger partial charge is 0.370 e. The maximum Gasteiger partial charge on any atom is 0.242 e. The van der Waals surface area contributed by atoms with Gasteiger partial charge in [-0.15, -0.1) is 6.58 Å². The van der Waals surface area contributed by atoms with Gasteiger partial charge in [-0.25, -0.2) is 4.99 Å². The van der Waals surface area contributed by atoms with E-state index in [-0.39, 0.29) is 12.5 Å². The number of anilines is 1. The van der Waals surface area contributed by atoms with Crippen molar-refractivity contribution in [3.63, 3.8) is 0 Å². The Kier molecular flexibility index (Phi) is 6.29. The molecule has 0 aromatic heterocycles. The van der Waals surface area contributed by atoms with Crippen LogP contribution >= 0.6 is 11.6 Å². The van der Waals surface area contributed by atoms with Crippen molar-refractivity contribution in [2.45, 2.75) is 0 Å². The fourth-order valence-electron chi connectivity index (χ4n) is 2.34. The number of benzene rings is 1. The fraction of sp³-hybridized carbons (Fsp3) is 0.375. The van der Waals surface area contributed by atoms with Crippen LogP contribution in [0.2, 0.25) is 5.02 Å². The summed E-state index contributed by atoms with van der Waals surface area (Å²) in [5, 5.41) is 3.40. The van der Waals surface area contributed by atoms with Gasteiger partial charge in [-0.1, -0.05) is 17.7 Å². The van der Waals surface area contributed by atoms with Gasteiger partial charge in [0, 0.05) is 43.4 Å². The highest BCUT2D eigenvalue weighted by Crippen LogP contribution is 2.19. The highest BCUT2D eigenvalue weighted by molar-refractivity contribution is 6.30. The van der Waals surface area contributed by atoms with Crippen LogP contribution in [0.3, 0.4) is 0 Å². The van der Waals surface area contributed by atoms with Crippen LogP contribution in [-0.4, -0.2) is 56.0 Å². The summed E-state index contributed by atoms with van der Waals surface area (Å²) < 4.78 is 0. The summed E-state index contributed by atoms with van der Waals surface area (Å²) in [6.45, 7) is 7.26. The zero-order valence-corrected chi connectivity index (χ0v) is 13.8. The number of nitrogens with zero attached hydrogens (tertiary/aromatic N) is 3. The second-order valence-electron chi connectivity index (χ2n) is 5.22. The van der Waals surface area contributed by atoms with Crippen LogP contribution in [0.5, 0.6) is 0 Å². The number of piperazine rings is 1. The molecule has 2 rings (SSSR count). The summed E-state index contributed by atoms with van der Waals surface area (Å²) >= 11 is 5.91. The number of amides is 1. The predicted octanol–water partition coefficient (Wildman–Crippen LogP) is 1.08. The van der Waals surface area contributed by atoms with E-state index in [9.17, 15) is 4.79 Å². The van der Waals surface area contributed by atoms with Gasteiger partial charge in [-0.05, 0) is 24.3 Å². The van der Waals surface area contributed by atoms with Crippen molar-refractivity contribution in [3.8, 4) is 0 Å². The first kappa shape index (κ1) is 17.1. The molecule has 0 atom stereocenters. The molecule has 1 saturated heterocycles. The van der Waals surface area contributed by atoms with Gasteiger partial charge >= 0.3 is 0 Å². The third-order valence-electron chi connectivity index (χ3n) is 3.62. The number of aliphatic imine (C=N–C) groups is 1. The number of guanidine groups is 1. The topological polar surface area (TPSA) is 74.0 Å². The van der Waals surface area contributed by atoms with E-state index in [0.717, 1.165) is 36.9 Å². The summed E-state index contributed by atoms with van der Waals surface area (Å²) in [5.41, 5.74) is 7.12. The molecule has 1 amide bonds. The predicted molar refractivity (Wildman–Crippen MR) is 94.9 cm³/mol. The van der Waals surface area contributed by atoms with Gasteiger partial charge in [0.2, 0.25) is 5.91 Å². The third kappa shape index (κ3) is 5.17. The van der Waals surface area contributed by atoms with Gasteiger partial charge in [0.15, 0.2) is 5.96 Å². The molecule has 1 aliphatic rings. The van der Waals surface area contributed by atoms with Crippen LogP contribution in [0.25, 0.3) is 0 Å². The molecule has 1 aromatic carbocycles. The van der Waals surface area contributed by atoms with Crippen molar-refractivity contribution in [2.24, 2.45) is 10.7 Å².